The van der Waals surface area contributed by atoms with E-state index in [0.717, 1.165) is 12.8 Å². The van der Waals surface area contributed by atoms with E-state index in [4.69, 9.17) is 5.73 Å². The second-order valence-electron chi connectivity index (χ2n) is 5.58. The van der Waals surface area contributed by atoms with E-state index in [1.807, 2.05) is 0 Å². The van der Waals surface area contributed by atoms with Crippen LogP contribution >= 0.6 is 0 Å². The third kappa shape index (κ3) is 3.93. The molecule has 2 amide bonds. The highest BCUT2D eigenvalue weighted by molar-refractivity contribution is 5.89. The zero-order valence-corrected chi connectivity index (χ0v) is 11.6. The predicted molar refractivity (Wildman–Crippen MR) is 78.0 cm³/mol. The monoisotopic (exact) mass is 279 g/mol. The zero-order chi connectivity index (χ0) is 14.4. The third-order valence-electron chi connectivity index (χ3n) is 4.07. The summed E-state index contributed by atoms with van der Waals surface area (Å²) in [7, 11) is 0. The van der Waals surface area contributed by atoms with E-state index in [-0.39, 0.29) is 17.3 Å². The lowest BCUT2D eigenvalue weighted by molar-refractivity contribution is 0.190. The van der Waals surface area contributed by atoms with Gasteiger partial charge in [-0.05, 0) is 43.7 Å². The molecule has 1 aromatic carbocycles. The number of nitrogens with two attached hydrogens (primary N) is 1. The van der Waals surface area contributed by atoms with Crippen LogP contribution in [0.3, 0.4) is 0 Å². The van der Waals surface area contributed by atoms with Crippen molar-refractivity contribution in [3.63, 3.8) is 0 Å². The molecule has 0 atom stereocenters. The van der Waals surface area contributed by atoms with E-state index < -0.39 is 0 Å². The highest BCUT2D eigenvalue weighted by Gasteiger charge is 2.30. The number of urea groups is 1. The molecule has 5 heteroatoms. The van der Waals surface area contributed by atoms with Gasteiger partial charge in [0.1, 0.15) is 5.82 Å². The van der Waals surface area contributed by atoms with Gasteiger partial charge in [-0.15, -0.1) is 0 Å². The molecule has 0 unspecified atom stereocenters. The molecule has 2 rings (SSSR count). The van der Waals surface area contributed by atoms with Gasteiger partial charge < -0.3 is 16.4 Å². The average Bonchev–Trinajstić information content (AvgIpc) is 2.49. The molecule has 20 heavy (non-hydrogen) atoms. The Morgan fingerprint density at radius 1 is 1.20 bits per heavy atom. The van der Waals surface area contributed by atoms with Crippen molar-refractivity contribution in [3.05, 3.63) is 30.1 Å². The SMILES string of the molecule is NCC1(CNC(=O)Nc2ccc(F)cc2)CCCCC1. The predicted octanol–water partition coefficient (Wildman–Crippen LogP) is 2.86. The van der Waals surface area contributed by atoms with Gasteiger partial charge in [0, 0.05) is 17.6 Å². The van der Waals surface area contributed by atoms with E-state index in [9.17, 15) is 9.18 Å². The second-order valence-corrected chi connectivity index (χ2v) is 5.58. The van der Waals surface area contributed by atoms with Gasteiger partial charge in [0.05, 0.1) is 0 Å². The van der Waals surface area contributed by atoms with Crippen molar-refractivity contribution in [2.24, 2.45) is 11.1 Å². The molecule has 0 saturated heterocycles. The fourth-order valence-electron chi connectivity index (χ4n) is 2.73. The number of carbonyl (C=O) groups excluding carboxylic acids is 1. The number of anilines is 1. The first kappa shape index (κ1) is 14.8. The Balaban J connectivity index is 1.83. The van der Waals surface area contributed by atoms with Crippen LogP contribution in [-0.2, 0) is 0 Å². The molecule has 1 fully saturated rings. The van der Waals surface area contributed by atoms with Gasteiger partial charge >= 0.3 is 6.03 Å². The van der Waals surface area contributed by atoms with Gasteiger partial charge in [-0.25, -0.2) is 9.18 Å². The topological polar surface area (TPSA) is 67.1 Å². The number of rotatable bonds is 4. The highest BCUT2D eigenvalue weighted by atomic mass is 19.1. The Bertz CT molecular complexity index is 441. The number of nitrogens with one attached hydrogen (secondary N) is 2. The second kappa shape index (κ2) is 6.70. The first-order valence-electron chi connectivity index (χ1n) is 7.14. The minimum absolute atomic E-state index is 0.0401. The molecule has 0 heterocycles. The van der Waals surface area contributed by atoms with Crippen LogP contribution in [0.25, 0.3) is 0 Å². The van der Waals surface area contributed by atoms with Gasteiger partial charge in [0.15, 0.2) is 0 Å². The van der Waals surface area contributed by atoms with Crippen molar-refractivity contribution in [1.29, 1.82) is 0 Å². The molecule has 4 N–H and O–H groups in total. The first-order valence-corrected chi connectivity index (χ1v) is 7.14. The maximum absolute atomic E-state index is 12.8. The Kier molecular flexibility index (Phi) is 4.95. The maximum atomic E-state index is 12.8. The van der Waals surface area contributed by atoms with E-state index in [2.05, 4.69) is 10.6 Å². The fourth-order valence-corrected chi connectivity index (χ4v) is 2.73. The minimum atomic E-state index is -0.319. The summed E-state index contributed by atoms with van der Waals surface area (Å²) in [5.74, 6) is -0.319. The van der Waals surface area contributed by atoms with Gasteiger partial charge in [-0.2, -0.15) is 0 Å². The van der Waals surface area contributed by atoms with Crippen LogP contribution in [0, 0.1) is 11.2 Å². The van der Waals surface area contributed by atoms with Gasteiger partial charge in [-0.3, -0.25) is 0 Å². The van der Waals surface area contributed by atoms with Gasteiger partial charge in [0.2, 0.25) is 0 Å². The Hall–Kier alpha value is -1.62. The van der Waals surface area contributed by atoms with Crippen LogP contribution in [0.4, 0.5) is 14.9 Å². The maximum Gasteiger partial charge on any atom is 0.319 e. The van der Waals surface area contributed by atoms with E-state index >= 15 is 0 Å². The molecule has 1 aliphatic carbocycles. The lowest BCUT2D eigenvalue weighted by Crippen LogP contribution is -2.44. The molecule has 1 saturated carbocycles. The third-order valence-corrected chi connectivity index (χ3v) is 4.07. The van der Waals surface area contributed by atoms with Crippen molar-refractivity contribution in [2.45, 2.75) is 32.1 Å². The molecule has 0 aromatic heterocycles. The minimum Gasteiger partial charge on any atom is -0.337 e. The molecular formula is C15H22FN3O. The smallest absolute Gasteiger partial charge is 0.319 e. The number of amides is 2. The van der Waals surface area contributed by atoms with Crippen LogP contribution < -0.4 is 16.4 Å². The lowest BCUT2D eigenvalue weighted by atomic mass is 9.74. The number of carbonyl (C=O) groups is 1. The number of hydrogen-bond donors (Lipinski definition) is 3. The van der Waals surface area contributed by atoms with E-state index in [0.29, 0.717) is 18.8 Å². The summed E-state index contributed by atoms with van der Waals surface area (Å²) in [4.78, 5) is 11.8. The van der Waals surface area contributed by atoms with Gasteiger partial charge in [-0.1, -0.05) is 19.3 Å². The number of hydrogen-bond acceptors (Lipinski definition) is 2. The van der Waals surface area contributed by atoms with Crippen molar-refractivity contribution in [1.82, 2.24) is 5.32 Å². The Labute approximate surface area is 118 Å². The highest BCUT2D eigenvalue weighted by Crippen LogP contribution is 2.34. The van der Waals surface area contributed by atoms with Crippen molar-refractivity contribution >= 4 is 11.7 Å². The first-order chi connectivity index (χ1) is 9.63. The molecule has 0 bridgehead atoms. The zero-order valence-electron chi connectivity index (χ0n) is 11.6. The molecule has 4 nitrogen and oxygen atoms in total. The molecule has 0 radical (unpaired) electrons. The summed E-state index contributed by atoms with van der Waals surface area (Å²) in [5.41, 5.74) is 6.50. The molecule has 0 aliphatic heterocycles. The normalized spacial score (nSPS) is 17.5. The standard InChI is InChI=1S/C15H22FN3O/c16-12-4-6-13(7-5-12)19-14(20)18-11-15(10-17)8-2-1-3-9-15/h4-7H,1-3,8-11,17H2,(H2,18,19,20). The van der Waals surface area contributed by atoms with Crippen LogP contribution in [0.2, 0.25) is 0 Å². The van der Waals surface area contributed by atoms with Crippen molar-refractivity contribution < 1.29 is 9.18 Å². The summed E-state index contributed by atoms with van der Waals surface area (Å²) >= 11 is 0. The van der Waals surface area contributed by atoms with E-state index in [1.165, 1.54) is 43.5 Å². The van der Waals surface area contributed by atoms with Crippen LogP contribution in [0.15, 0.2) is 24.3 Å². The molecule has 110 valence electrons. The summed E-state index contributed by atoms with van der Waals surface area (Å²) < 4.78 is 12.8. The lowest BCUT2D eigenvalue weighted by Gasteiger charge is -2.36. The molecule has 1 aromatic rings. The van der Waals surface area contributed by atoms with Crippen molar-refractivity contribution in [3.8, 4) is 0 Å². The summed E-state index contributed by atoms with van der Waals surface area (Å²) in [6.07, 6.45) is 5.75. The largest absolute Gasteiger partial charge is 0.337 e. The molecular weight excluding hydrogens is 257 g/mol. The fraction of sp³-hybridized carbons (Fsp3) is 0.533. The summed E-state index contributed by atoms with van der Waals surface area (Å²) in [5, 5.41) is 5.58. The Morgan fingerprint density at radius 3 is 2.45 bits per heavy atom. The average molecular weight is 279 g/mol. The number of benzene rings is 1. The molecule has 1 aliphatic rings. The van der Waals surface area contributed by atoms with Gasteiger partial charge in [0.25, 0.3) is 0 Å². The van der Waals surface area contributed by atoms with Crippen molar-refractivity contribution in [2.75, 3.05) is 18.4 Å². The summed E-state index contributed by atoms with van der Waals surface area (Å²) in [6, 6.07) is 5.44. The molecule has 0 spiro atoms. The number of halogens is 1. The Morgan fingerprint density at radius 2 is 1.85 bits per heavy atom. The van der Waals surface area contributed by atoms with Crippen LogP contribution in [0.1, 0.15) is 32.1 Å². The van der Waals surface area contributed by atoms with E-state index in [1.54, 1.807) is 0 Å². The van der Waals surface area contributed by atoms with Crippen LogP contribution in [-0.4, -0.2) is 19.1 Å². The summed E-state index contributed by atoms with van der Waals surface area (Å²) in [6.45, 7) is 1.19. The quantitative estimate of drug-likeness (QED) is 0.793. The van der Waals surface area contributed by atoms with Crippen LogP contribution in [0.5, 0.6) is 0 Å².